The number of carbonyl (C=O) groups is 2. The van der Waals surface area contributed by atoms with Gasteiger partial charge in [0.25, 0.3) is 5.91 Å². The molecule has 2 amide bonds. The van der Waals surface area contributed by atoms with Crippen molar-refractivity contribution in [3.05, 3.63) is 65.4 Å². The highest BCUT2D eigenvalue weighted by Crippen LogP contribution is 2.34. The number of likely N-dealkylation sites (tertiary alicyclic amines) is 1. The molecule has 0 radical (unpaired) electrons. The highest BCUT2D eigenvalue weighted by atomic mass is 16.5. The molecule has 2 atom stereocenters. The number of aryl methyl sites for hydroxylation is 2. The zero-order valence-electron chi connectivity index (χ0n) is 18.3. The molecule has 5 rings (SSSR count). The number of rotatable bonds is 4. The van der Waals surface area contributed by atoms with Crippen LogP contribution in [0.4, 0.5) is 10.5 Å². The Morgan fingerprint density at radius 2 is 2.03 bits per heavy atom. The molecule has 0 spiro atoms. The minimum atomic E-state index is -0.960. The van der Waals surface area contributed by atoms with Crippen LogP contribution >= 0.6 is 0 Å². The van der Waals surface area contributed by atoms with Crippen molar-refractivity contribution in [3.63, 3.8) is 0 Å². The number of hydrogen-bond acceptors (Lipinski definition) is 6. The summed E-state index contributed by atoms with van der Waals surface area (Å²) >= 11 is 0. The van der Waals surface area contributed by atoms with Gasteiger partial charge in [0.05, 0.1) is 12.1 Å². The molecule has 4 aromatic rings. The molecule has 33 heavy (non-hydrogen) atoms. The third kappa shape index (κ3) is 3.59. The summed E-state index contributed by atoms with van der Waals surface area (Å²) in [5.74, 6) is 0.374. The van der Waals surface area contributed by atoms with Gasteiger partial charge in [0, 0.05) is 30.0 Å². The van der Waals surface area contributed by atoms with Crippen LogP contribution in [0.5, 0.6) is 0 Å². The average Bonchev–Trinajstić information content (AvgIpc) is 3.41. The summed E-state index contributed by atoms with van der Waals surface area (Å²) < 4.78 is 7.17. The van der Waals surface area contributed by atoms with Gasteiger partial charge in [-0.2, -0.15) is 4.98 Å². The van der Waals surface area contributed by atoms with E-state index in [9.17, 15) is 9.59 Å². The van der Waals surface area contributed by atoms with Gasteiger partial charge >= 0.3 is 6.09 Å². The van der Waals surface area contributed by atoms with Gasteiger partial charge < -0.3 is 19.8 Å². The predicted octanol–water partition coefficient (Wildman–Crippen LogP) is 3.72. The molecule has 1 aliphatic heterocycles. The van der Waals surface area contributed by atoms with Crippen LogP contribution in [0.25, 0.3) is 17.0 Å². The lowest BCUT2D eigenvalue weighted by atomic mass is 9.90. The van der Waals surface area contributed by atoms with E-state index >= 15 is 0 Å². The van der Waals surface area contributed by atoms with Crippen molar-refractivity contribution < 1.29 is 19.2 Å². The monoisotopic (exact) mass is 446 g/mol. The van der Waals surface area contributed by atoms with E-state index in [1.165, 1.54) is 4.90 Å². The summed E-state index contributed by atoms with van der Waals surface area (Å²) in [5, 5.41) is 16.2. The van der Waals surface area contributed by atoms with Gasteiger partial charge in [-0.05, 0) is 44.0 Å². The SMILES string of the molecule is Cc1ccc2ncc(C(=O)Nc3cc(-c4noc(C5CN(C(=O)O)C5C)n4)ccc3C)n2c1. The molecular weight excluding hydrogens is 424 g/mol. The van der Waals surface area contributed by atoms with Crippen molar-refractivity contribution in [3.8, 4) is 11.4 Å². The minimum Gasteiger partial charge on any atom is -0.465 e. The van der Waals surface area contributed by atoms with Crippen LogP contribution in [0.15, 0.2) is 47.2 Å². The molecule has 4 heterocycles. The first kappa shape index (κ1) is 20.7. The maximum absolute atomic E-state index is 13.0. The van der Waals surface area contributed by atoms with Crippen LogP contribution in [-0.2, 0) is 0 Å². The Hall–Kier alpha value is -4.21. The Bertz CT molecular complexity index is 1390. The van der Waals surface area contributed by atoms with E-state index in [1.807, 2.05) is 51.2 Å². The number of fused-ring (bicyclic) bond motifs is 1. The smallest absolute Gasteiger partial charge is 0.407 e. The predicted molar refractivity (Wildman–Crippen MR) is 119 cm³/mol. The summed E-state index contributed by atoms with van der Waals surface area (Å²) in [6.07, 6.45) is 2.46. The molecule has 10 heteroatoms. The van der Waals surface area contributed by atoms with Crippen molar-refractivity contribution in [2.75, 3.05) is 11.9 Å². The second-order valence-electron chi connectivity index (χ2n) is 8.30. The molecule has 0 saturated carbocycles. The number of carbonyl (C=O) groups excluding carboxylic acids is 1. The van der Waals surface area contributed by atoms with Crippen molar-refractivity contribution in [2.24, 2.45) is 0 Å². The fourth-order valence-corrected chi connectivity index (χ4v) is 3.99. The third-order valence-electron chi connectivity index (χ3n) is 6.10. The van der Waals surface area contributed by atoms with E-state index in [4.69, 9.17) is 9.63 Å². The van der Waals surface area contributed by atoms with Gasteiger partial charge in [0.15, 0.2) is 0 Å². The quantitative estimate of drug-likeness (QED) is 0.489. The summed E-state index contributed by atoms with van der Waals surface area (Å²) in [5.41, 5.74) is 4.34. The molecule has 168 valence electrons. The van der Waals surface area contributed by atoms with Crippen molar-refractivity contribution in [2.45, 2.75) is 32.7 Å². The maximum atomic E-state index is 13.0. The first-order valence-electron chi connectivity index (χ1n) is 10.5. The number of imidazole rings is 1. The van der Waals surface area contributed by atoms with E-state index in [0.717, 1.165) is 11.1 Å². The first-order valence-corrected chi connectivity index (χ1v) is 10.5. The Labute approximate surface area is 188 Å². The lowest BCUT2D eigenvalue weighted by Gasteiger charge is -2.42. The number of nitrogens with one attached hydrogen (secondary N) is 1. The van der Waals surface area contributed by atoms with Crippen LogP contribution in [0.3, 0.4) is 0 Å². The largest absolute Gasteiger partial charge is 0.465 e. The highest BCUT2D eigenvalue weighted by molar-refractivity contribution is 6.04. The number of anilines is 1. The van der Waals surface area contributed by atoms with Gasteiger partial charge in [-0.1, -0.05) is 23.4 Å². The Kier molecular flexibility index (Phi) is 4.85. The highest BCUT2D eigenvalue weighted by Gasteiger charge is 2.43. The number of hydrogen-bond donors (Lipinski definition) is 2. The van der Waals surface area contributed by atoms with Crippen LogP contribution < -0.4 is 5.32 Å². The molecule has 1 aliphatic rings. The lowest BCUT2D eigenvalue weighted by Crippen LogP contribution is -2.55. The fourth-order valence-electron chi connectivity index (χ4n) is 3.99. The molecule has 2 unspecified atom stereocenters. The summed E-state index contributed by atoms with van der Waals surface area (Å²) in [7, 11) is 0. The molecule has 3 aromatic heterocycles. The number of amides is 2. The van der Waals surface area contributed by atoms with Crippen LogP contribution in [0.2, 0.25) is 0 Å². The first-order chi connectivity index (χ1) is 15.8. The van der Waals surface area contributed by atoms with Crippen molar-refractivity contribution in [1.29, 1.82) is 0 Å². The second-order valence-corrected chi connectivity index (χ2v) is 8.30. The normalized spacial score (nSPS) is 17.7. The molecule has 1 aromatic carbocycles. The van der Waals surface area contributed by atoms with Gasteiger partial charge in [-0.25, -0.2) is 9.78 Å². The number of aromatic nitrogens is 4. The van der Waals surface area contributed by atoms with Crippen LogP contribution in [0.1, 0.15) is 40.3 Å². The Morgan fingerprint density at radius 3 is 2.79 bits per heavy atom. The molecule has 2 N–H and O–H groups in total. The Morgan fingerprint density at radius 1 is 1.21 bits per heavy atom. The van der Waals surface area contributed by atoms with Gasteiger partial charge in [0.2, 0.25) is 11.7 Å². The molecule has 1 fully saturated rings. The minimum absolute atomic E-state index is 0.134. The number of pyridine rings is 1. The molecule has 0 bridgehead atoms. The Balaban J connectivity index is 1.38. The summed E-state index contributed by atoms with van der Waals surface area (Å²) in [6.45, 7) is 5.99. The zero-order chi connectivity index (χ0) is 23.3. The van der Waals surface area contributed by atoms with Crippen molar-refractivity contribution >= 4 is 23.3 Å². The van der Waals surface area contributed by atoms with Crippen LogP contribution in [0, 0.1) is 13.8 Å². The van der Waals surface area contributed by atoms with Crippen molar-refractivity contribution in [1.82, 2.24) is 24.4 Å². The maximum Gasteiger partial charge on any atom is 0.407 e. The fraction of sp³-hybridized carbons (Fsp3) is 0.261. The van der Waals surface area contributed by atoms with Gasteiger partial charge in [-0.15, -0.1) is 0 Å². The van der Waals surface area contributed by atoms with E-state index in [1.54, 1.807) is 16.7 Å². The molecular formula is C23H22N6O4. The average molecular weight is 446 g/mol. The van der Waals surface area contributed by atoms with E-state index in [2.05, 4.69) is 20.4 Å². The van der Waals surface area contributed by atoms with E-state index in [0.29, 0.717) is 40.9 Å². The van der Waals surface area contributed by atoms with Crippen LogP contribution in [-0.4, -0.2) is 54.1 Å². The lowest BCUT2D eigenvalue weighted by molar-refractivity contribution is 0.0533. The number of benzene rings is 1. The number of nitrogens with zero attached hydrogens (tertiary/aromatic N) is 5. The topological polar surface area (TPSA) is 126 Å². The van der Waals surface area contributed by atoms with Gasteiger partial charge in [-0.3, -0.25) is 9.20 Å². The second kappa shape index (κ2) is 7.73. The number of carboxylic acid groups (broad SMARTS) is 1. The molecule has 1 saturated heterocycles. The summed E-state index contributed by atoms with van der Waals surface area (Å²) in [6, 6.07) is 9.11. The molecule has 0 aliphatic carbocycles. The summed E-state index contributed by atoms with van der Waals surface area (Å²) in [4.78, 5) is 34.2. The van der Waals surface area contributed by atoms with E-state index in [-0.39, 0.29) is 17.9 Å². The third-order valence-corrected chi connectivity index (χ3v) is 6.10. The molecule has 10 nitrogen and oxygen atoms in total. The van der Waals surface area contributed by atoms with E-state index < -0.39 is 6.09 Å². The van der Waals surface area contributed by atoms with Gasteiger partial charge in [0.1, 0.15) is 11.3 Å². The zero-order valence-corrected chi connectivity index (χ0v) is 18.3. The standard InChI is InChI=1S/C23H22N6O4/c1-12-4-7-19-24-9-18(29(19)10-12)21(30)25-17-8-15(6-5-13(17)2)20-26-22(33-27-20)16-11-28(14(16)3)23(31)32/h4-10,14,16H,11H2,1-3H3,(H,25,30)(H,31,32).